The van der Waals surface area contributed by atoms with Gasteiger partial charge in [-0.2, -0.15) is 5.10 Å². The number of unbranched alkanes of at least 4 members (excludes halogenated alkanes) is 1. The number of rotatable bonds is 7. The minimum absolute atomic E-state index is 0.117. The van der Waals surface area contributed by atoms with Gasteiger partial charge in [-0.3, -0.25) is 4.79 Å². The normalized spacial score (nSPS) is 14.3. The summed E-state index contributed by atoms with van der Waals surface area (Å²) in [6.07, 6.45) is 2.02. The molecule has 0 unspecified atom stereocenters. The quantitative estimate of drug-likeness (QED) is 0.561. The Morgan fingerprint density at radius 1 is 1.13 bits per heavy atom. The van der Waals surface area contributed by atoms with Gasteiger partial charge in [-0.1, -0.05) is 31.5 Å². The molecule has 2 heterocycles. The highest BCUT2D eigenvalue weighted by molar-refractivity contribution is 7.90. The van der Waals surface area contributed by atoms with Crippen LogP contribution in [-0.2, 0) is 21.3 Å². The molecule has 1 aromatic heterocycles. The van der Waals surface area contributed by atoms with Gasteiger partial charge in [0.05, 0.1) is 29.5 Å². The summed E-state index contributed by atoms with van der Waals surface area (Å²) in [5, 5.41) is 7.42. The molecule has 1 N–H and O–H groups in total. The van der Waals surface area contributed by atoms with Crippen LogP contribution in [0.1, 0.15) is 46.9 Å². The number of nitrogens with zero attached hydrogens (tertiary/aromatic N) is 2. The molecular weight excluding hydrogens is 414 g/mol. The number of carbonyl (C=O) groups excluding carboxylic acids is 1. The van der Waals surface area contributed by atoms with Crippen molar-refractivity contribution in [2.75, 3.05) is 11.9 Å². The third-order valence-electron chi connectivity index (χ3n) is 5.25. The fraction of sp³-hybridized carbons (Fsp3) is 0.304. The lowest BCUT2D eigenvalue weighted by atomic mass is 10.2. The molecule has 162 valence electrons. The number of aryl methyl sites for hydroxylation is 1. The maximum Gasteiger partial charge on any atom is 0.256 e. The van der Waals surface area contributed by atoms with Crippen LogP contribution in [-0.4, -0.2) is 30.7 Å². The first-order valence-corrected chi connectivity index (χ1v) is 12.1. The highest BCUT2D eigenvalue weighted by Crippen LogP contribution is 2.34. The molecule has 1 aliphatic heterocycles. The maximum absolute atomic E-state index is 13.0. The van der Waals surface area contributed by atoms with Crippen molar-refractivity contribution in [2.45, 2.75) is 38.2 Å². The number of anilines is 1. The van der Waals surface area contributed by atoms with Gasteiger partial charge in [0, 0.05) is 11.1 Å². The molecule has 3 aromatic rings. The summed E-state index contributed by atoms with van der Waals surface area (Å²) in [5.74, 6) is 0.532. The third-order valence-corrected chi connectivity index (χ3v) is 6.69. The summed E-state index contributed by atoms with van der Waals surface area (Å²) in [6.45, 7) is 4.68. The summed E-state index contributed by atoms with van der Waals surface area (Å²) in [4.78, 5) is 13.0. The van der Waals surface area contributed by atoms with Crippen molar-refractivity contribution in [3.05, 3.63) is 70.9 Å². The minimum Gasteiger partial charge on any atom is -0.494 e. The fourth-order valence-electron chi connectivity index (χ4n) is 3.56. The highest BCUT2D eigenvalue weighted by atomic mass is 32.2. The average Bonchev–Trinajstić information content (AvgIpc) is 3.21. The molecule has 0 bridgehead atoms. The molecule has 0 fully saturated rings. The van der Waals surface area contributed by atoms with Gasteiger partial charge >= 0.3 is 0 Å². The zero-order valence-corrected chi connectivity index (χ0v) is 18.4. The molecule has 1 amide bonds. The predicted octanol–water partition coefficient (Wildman–Crippen LogP) is 4.04. The second-order valence-corrected chi connectivity index (χ2v) is 9.75. The second kappa shape index (κ2) is 8.55. The Kier molecular flexibility index (Phi) is 5.82. The molecule has 1 aliphatic rings. The Hall–Kier alpha value is -3.13. The Balaban J connectivity index is 1.63. The first-order chi connectivity index (χ1) is 14.9. The number of fused-ring (bicyclic) bond motifs is 1. The van der Waals surface area contributed by atoms with E-state index in [-0.39, 0.29) is 17.4 Å². The van der Waals surface area contributed by atoms with E-state index in [4.69, 9.17) is 4.74 Å². The summed E-state index contributed by atoms with van der Waals surface area (Å²) in [6, 6.07) is 14.6. The van der Waals surface area contributed by atoms with Crippen LogP contribution < -0.4 is 10.1 Å². The molecule has 4 rings (SSSR count). The lowest BCUT2D eigenvalue weighted by molar-refractivity contribution is 0.102. The van der Waals surface area contributed by atoms with Crippen molar-refractivity contribution < 1.29 is 17.9 Å². The Morgan fingerprint density at radius 2 is 1.87 bits per heavy atom. The first kappa shape index (κ1) is 21.1. The summed E-state index contributed by atoms with van der Waals surface area (Å²) >= 11 is 0. The van der Waals surface area contributed by atoms with Gasteiger partial charge < -0.3 is 10.1 Å². The van der Waals surface area contributed by atoms with Crippen molar-refractivity contribution in [2.24, 2.45) is 0 Å². The monoisotopic (exact) mass is 439 g/mol. The van der Waals surface area contributed by atoms with Gasteiger partial charge in [-0.25, -0.2) is 13.1 Å². The van der Waals surface area contributed by atoms with Gasteiger partial charge in [0.1, 0.15) is 11.6 Å². The van der Waals surface area contributed by atoms with E-state index < -0.39 is 9.84 Å². The molecule has 0 atom stereocenters. The smallest absolute Gasteiger partial charge is 0.256 e. The number of nitrogens with one attached hydrogen (secondary N) is 1. The van der Waals surface area contributed by atoms with Crippen LogP contribution >= 0.6 is 0 Å². The molecule has 8 heteroatoms. The molecular formula is C23H25N3O4S. The number of sulfone groups is 1. The first-order valence-electron chi connectivity index (χ1n) is 10.3. The number of benzene rings is 2. The van der Waals surface area contributed by atoms with Gasteiger partial charge in [0.2, 0.25) is 0 Å². The van der Waals surface area contributed by atoms with Gasteiger partial charge in [-0.15, -0.1) is 0 Å². The number of carbonyl (C=O) groups is 1. The lowest BCUT2D eigenvalue weighted by Crippen LogP contribution is -2.17. The number of para-hydroxylation sites is 1. The van der Waals surface area contributed by atoms with E-state index >= 15 is 0 Å². The van der Waals surface area contributed by atoms with Crippen LogP contribution in [0.4, 0.5) is 5.82 Å². The molecule has 0 saturated heterocycles. The molecule has 0 spiro atoms. The van der Waals surface area contributed by atoms with E-state index in [1.807, 2.05) is 31.2 Å². The van der Waals surface area contributed by atoms with Crippen LogP contribution in [0.25, 0.3) is 5.69 Å². The largest absolute Gasteiger partial charge is 0.494 e. The van der Waals surface area contributed by atoms with Crippen LogP contribution in [0.15, 0.2) is 48.5 Å². The van der Waals surface area contributed by atoms with E-state index in [1.165, 1.54) is 0 Å². The standard InChI is InChI=1S/C23H25N3O4S/c1-3-4-13-30-18-11-9-17(10-12-18)23(27)24-22-19-14-31(28,29)15-20(19)25-26(22)21-8-6-5-7-16(21)2/h5-12H,3-4,13-15H2,1-2H3,(H,24,27). The van der Waals surface area contributed by atoms with Crippen LogP contribution in [0, 0.1) is 6.92 Å². The predicted molar refractivity (Wildman–Crippen MR) is 119 cm³/mol. The SMILES string of the molecule is CCCCOc1ccc(C(=O)Nc2c3c(nn2-c2ccccc2C)CS(=O)(=O)C3)cc1. The zero-order chi connectivity index (χ0) is 22.0. The van der Waals surface area contributed by atoms with E-state index in [0.29, 0.717) is 35.0 Å². The Morgan fingerprint density at radius 3 is 2.58 bits per heavy atom. The van der Waals surface area contributed by atoms with Crippen molar-refractivity contribution >= 4 is 21.6 Å². The second-order valence-electron chi connectivity index (χ2n) is 7.68. The maximum atomic E-state index is 13.0. The zero-order valence-electron chi connectivity index (χ0n) is 17.6. The molecule has 2 aromatic carbocycles. The number of hydrogen-bond acceptors (Lipinski definition) is 5. The van der Waals surface area contributed by atoms with E-state index in [0.717, 1.165) is 24.1 Å². The molecule has 0 saturated carbocycles. The van der Waals surface area contributed by atoms with Gasteiger partial charge in [0.25, 0.3) is 5.91 Å². The van der Waals surface area contributed by atoms with Crippen LogP contribution in [0.3, 0.4) is 0 Å². The average molecular weight is 440 g/mol. The van der Waals surface area contributed by atoms with Crippen molar-refractivity contribution in [3.63, 3.8) is 0 Å². The summed E-state index contributed by atoms with van der Waals surface area (Å²) in [5.41, 5.74) is 3.25. The molecule has 31 heavy (non-hydrogen) atoms. The number of aromatic nitrogens is 2. The number of ether oxygens (including phenoxy) is 1. The topological polar surface area (TPSA) is 90.3 Å². The highest BCUT2D eigenvalue weighted by Gasteiger charge is 2.33. The Labute approximate surface area is 182 Å². The molecule has 0 aliphatic carbocycles. The van der Waals surface area contributed by atoms with Crippen molar-refractivity contribution in [1.82, 2.24) is 9.78 Å². The summed E-state index contributed by atoms with van der Waals surface area (Å²) in [7, 11) is -3.25. The van der Waals surface area contributed by atoms with Crippen LogP contribution in [0.5, 0.6) is 5.75 Å². The number of amides is 1. The van der Waals surface area contributed by atoms with Gasteiger partial charge in [-0.05, 0) is 49.2 Å². The van der Waals surface area contributed by atoms with Crippen molar-refractivity contribution in [1.29, 1.82) is 0 Å². The van der Waals surface area contributed by atoms with E-state index in [1.54, 1.807) is 28.9 Å². The van der Waals surface area contributed by atoms with Crippen LogP contribution in [0.2, 0.25) is 0 Å². The van der Waals surface area contributed by atoms with Gasteiger partial charge in [0.15, 0.2) is 9.84 Å². The number of hydrogen-bond donors (Lipinski definition) is 1. The Bertz CT molecular complexity index is 1210. The fourth-order valence-corrected chi connectivity index (χ4v) is 5.06. The minimum atomic E-state index is -3.25. The third kappa shape index (κ3) is 4.49. The van der Waals surface area contributed by atoms with E-state index in [9.17, 15) is 13.2 Å². The molecule has 7 nitrogen and oxygen atoms in total. The van der Waals surface area contributed by atoms with E-state index in [2.05, 4.69) is 17.3 Å². The summed E-state index contributed by atoms with van der Waals surface area (Å²) < 4.78 is 31.6. The van der Waals surface area contributed by atoms with Crippen molar-refractivity contribution in [3.8, 4) is 11.4 Å². The lowest BCUT2D eigenvalue weighted by Gasteiger charge is -2.13. The molecule has 0 radical (unpaired) electrons.